The van der Waals surface area contributed by atoms with E-state index in [9.17, 15) is 14.4 Å². The largest absolute Gasteiger partial charge is 0.322 e. The summed E-state index contributed by atoms with van der Waals surface area (Å²) in [6, 6.07) is 4.99. The summed E-state index contributed by atoms with van der Waals surface area (Å²) in [5.41, 5.74) is 2.51. The van der Waals surface area contributed by atoms with Crippen molar-refractivity contribution in [2.45, 2.75) is 32.0 Å². The maximum Gasteiger partial charge on any atom is 0.255 e. The van der Waals surface area contributed by atoms with Crippen molar-refractivity contribution in [2.24, 2.45) is 0 Å². The van der Waals surface area contributed by atoms with Crippen molar-refractivity contribution >= 4 is 40.7 Å². The van der Waals surface area contributed by atoms with Crippen molar-refractivity contribution in [3.63, 3.8) is 0 Å². The third-order valence-electron chi connectivity index (χ3n) is 3.81. The third-order valence-corrected chi connectivity index (χ3v) is 4.12. The Morgan fingerprint density at radius 2 is 2.14 bits per heavy atom. The number of nitrogens with zero attached hydrogens (tertiary/aromatic N) is 1. The molecule has 3 rings (SSSR count). The van der Waals surface area contributed by atoms with Gasteiger partial charge in [0, 0.05) is 18.5 Å². The van der Waals surface area contributed by atoms with Gasteiger partial charge in [0.25, 0.3) is 5.91 Å². The number of hydrogen-bond donors (Lipinski definition) is 1. The Balaban J connectivity index is 1.83. The topological polar surface area (TPSA) is 75.7 Å². The maximum atomic E-state index is 12.4. The van der Waals surface area contributed by atoms with E-state index in [0.717, 1.165) is 11.1 Å². The fraction of sp³-hybridized carbons (Fsp3) is 0.357. The van der Waals surface area contributed by atoms with Crippen LogP contribution in [0.25, 0.3) is 0 Å². The lowest BCUT2D eigenvalue weighted by Crippen LogP contribution is -2.52. The third kappa shape index (κ3) is 2.67. The van der Waals surface area contributed by atoms with Gasteiger partial charge in [0.15, 0.2) is 0 Å². The molecule has 21 heavy (non-hydrogen) atoms. The number of halogens is 1. The summed E-state index contributed by atoms with van der Waals surface area (Å²) in [7, 11) is 0. The highest BCUT2D eigenvalue weighted by molar-refractivity contribution is 14.1. The summed E-state index contributed by atoms with van der Waals surface area (Å²) in [6.45, 7) is 0.871. The normalized spacial score (nSPS) is 21.5. The van der Waals surface area contributed by atoms with Gasteiger partial charge in [-0.25, -0.2) is 0 Å². The van der Waals surface area contributed by atoms with Crippen molar-refractivity contribution in [3.05, 3.63) is 34.9 Å². The van der Waals surface area contributed by atoms with Crippen LogP contribution in [0, 0.1) is 0 Å². The number of hydrogen-bond acceptors (Lipinski definition) is 4. The summed E-state index contributed by atoms with van der Waals surface area (Å²) < 4.78 is 5.06. The van der Waals surface area contributed by atoms with E-state index in [2.05, 4.69) is 5.32 Å². The monoisotopic (exact) mass is 400 g/mol. The van der Waals surface area contributed by atoms with Crippen LogP contribution in [0.15, 0.2) is 18.2 Å². The quantitative estimate of drug-likeness (QED) is 0.614. The Morgan fingerprint density at radius 3 is 2.86 bits per heavy atom. The summed E-state index contributed by atoms with van der Waals surface area (Å²) in [5, 5.41) is 2.29. The minimum atomic E-state index is -0.563. The van der Waals surface area contributed by atoms with Crippen LogP contribution in [0.2, 0.25) is 0 Å². The highest BCUT2D eigenvalue weighted by Crippen LogP contribution is 2.28. The van der Waals surface area contributed by atoms with Crippen molar-refractivity contribution < 1.29 is 17.4 Å². The number of piperidine rings is 1. The van der Waals surface area contributed by atoms with Crippen LogP contribution < -0.4 is 5.32 Å². The maximum absolute atomic E-state index is 12.4. The number of imide groups is 1. The highest BCUT2D eigenvalue weighted by Gasteiger charge is 2.38. The van der Waals surface area contributed by atoms with E-state index in [-0.39, 0.29) is 24.1 Å². The molecular formula is C14H13IN2O4. The van der Waals surface area contributed by atoms with Crippen LogP contribution in [0.3, 0.4) is 0 Å². The Kier molecular flexibility index (Phi) is 3.94. The highest BCUT2D eigenvalue weighted by atomic mass is 127. The molecule has 1 unspecified atom stereocenters. The first kappa shape index (κ1) is 14.5. The molecule has 6 nitrogen and oxygen atoms in total. The molecule has 2 aliphatic heterocycles. The number of carbonyl (C=O) groups excluding carboxylic acids is 3. The van der Waals surface area contributed by atoms with E-state index in [1.165, 1.54) is 0 Å². The molecule has 110 valence electrons. The summed E-state index contributed by atoms with van der Waals surface area (Å²) >= 11 is 1.82. The van der Waals surface area contributed by atoms with Gasteiger partial charge in [-0.3, -0.25) is 19.7 Å². The molecule has 1 fully saturated rings. The van der Waals surface area contributed by atoms with Crippen molar-refractivity contribution in [1.29, 1.82) is 0 Å². The zero-order valence-electron chi connectivity index (χ0n) is 11.1. The second-order valence-corrected chi connectivity index (χ2v) is 5.77. The molecule has 2 aliphatic rings. The van der Waals surface area contributed by atoms with Crippen LogP contribution in [-0.4, -0.2) is 28.7 Å². The Labute approximate surface area is 135 Å². The molecule has 3 amide bonds. The standard InChI is InChI=1S/C14H13IN2O4/c15-21-7-8-1-2-10-9(5-8)6-17(14(10)20)11-3-4-12(18)16-13(11)19/h1-2,5,11H,3-4,6-7H2,(H,16,18,19). The lowest BCUT2D eigenvalue weighted by molar-refractivity contribution is -0.136. The van der Waals surface area contributed by atoms with E-state index < -0.39 is 6.04 Å². The SMILES string of the molecule is O=C1CCC(N2Cc3cc(COI)ccc3C2=O)C(=O)N1. The molecule has 1 aromatic carbocycles. The van der Waals surface area contributed by atoms with Crippen LogP contribution in [0.5, 0.6) is 0 Å². The second kappa shape index (κ2) is 5.72. The van der Waals surface area contributed by atoms with Crippen molar-refractivity contribution in [2.75, 3.05) is 0 Å². The average molecular weight is 400 g/mol. The molecule has 1 atom stereocenters. The molecule has 0 saturated carbocycles. The lowest BCUT2D eigenvalue weighted by atomic mass is 10.0. The minimum absolute atomic E-state index is 0.151. The number of nitrogens with one attached hydrogen (secondary N) is 1. The first-order valence-corrected chi connectivity index (χ1v) is 7.48. The van der Waals surface area contributed by atoms with E-state index >= 15 is 0 Å². The van der Waals surface area contributed by atoms with Gasteiger partial charge in [0.1, 0.15) is 29.0 Å². The van der Waals surface area contributed by atoms with Crippen LogP contribution in [0.1, 0.15) is 34.3 Å². The number of benzene rings is 1. The van der Waals surface area contributed by atoms with E-state index in [1.807, 2.05) is 35.1 Å². The average Bonchev–Trinajstić information content (AvgIpc) is 2.76. The Bertz CT molecular complexity index is 631. The van der Waals surface area contributed by atoms with Gasteiger partial charge in [-0.05, 0) is 23.6 Å². The number of fused-ring (bicyclic) bond motifs is 1. The number of amides is 3. The first-order chi connectivity index (χ1) is 10.1. The summed E-state index contributed by atoms with van der Waals surface area (Å²) in [5.74, 6) is -0.813. The van der Waals surface area contributed by atoms with Crippen molar-refractivity contribution in [1.82, 2.24) is 10.2 Å². The van der Waals surface area contributed by atoms with Gasteiger partial charge < -0.3 is 7.97 Å². The molecular weight excluding hydrogens is 387 g/mol. The Hall–Kier alpha value is -1.48. The molecule has 0 aliphatic carbocycles. The van der Waals surface area contributed by atoms with Crippen LogP contribution in [0.4, 0.5) is 0 Å². The molecule has 0 aromatic heterocycles. The molecule has 7 heteroatoms. The molecule has 1 saturated heterocycles. The van der Waals surface area contributed by atoms with Gasteiger partial charge in [-0.1, -0.05) is 12.1 Å². The number of carbonyl (C=O) groups is 3. The fourth-order valence-corrected chi connectivity index (χ4v) is 3.14. The summed E-state index contributed by atoms with van der Waals surface area (Å²) in [6.07, 6.45) is 0.651. The van der Waals surface area contributed by atoms with E-state index in [4.69, 9.17) is 3.07 Å². The summed E-state index contributed by atoms with van der Waals surface area (Å²) in [4.78, 5) is 37.1. The second-order valence-electron chi connectivity index (χ2n) is 5.14. The minimum Gasteiger partial charge on any atom is -0.322 e. The zero-order chi connectivity index (χ0) is 15.0. The molecule has 1 N–H and O–H groups in total. The lowest BCUT2D eigenvalue weighted by Gasteiger charge is -2.29. The van der Waals surface area contributed by atoms with Gasteiger partial charge in [-0.2, -0.15) is 0 Å². The molecule has 0 spiro atoms. The fourth-order valence-electron chi connectivity index (χ4n) is 2.78. The van der Waals surface area contributed by atoms with E-state index in [1.54, 1.807) is 11.0 Å². The van der Waals surface area contributed by atoms with Gasteiger partial charge in [-0.15, -0.1) is 0 Å². The van der Waals surface area contributed by atoms with E-state index in [0.29, 0.717) is 25.1 Å². The number of rotatable bonds is 3. The predicted molar refractivity (Wildman–Crippen MR) is 81.3 cm³/mol. The van der Waals surface area contributed by atoms with Crippen LogP contribution >= 0.6 is 23.0 Å². The smallest absolute Gasteiger partial charge is 0.255 e. The first-order valence-electron chi connectivity index (χ1n) is 6.60. The zero-order valence-corrected chi connectivity index (χ0v) is 13.3. The predicted octanol–water partition coefficient (Wildman–Crippen LogP) is 1.31. The van der Waals surface area contributed by atoms with Crippen LogP contribution in [-0.2, 0) is 25.8 Å². The molecule has 0 bridgehead atoms. The Morgan fingerprint density at radius 1 is 1.33 bits per heavy atom. The van der Waals surface area contributed by atoms with Gasteiger partial charge >= 0.3 is 0 Å². The van der Waals surface area contributed by atoms with Gasteiger partial charge in [0.2, 0.25) is 11.8 Å². The van der Waals surface area contributed by atoms with Crippen molar-refractivity contribution in [3.8, 4) is 0 Å². The molecule has 0 radical (unpaired) electrons. The molecule has 2 heterocycles. The molecule has 1 aromatic rings. The van der Waals surface area contributed by atoms with Gasteiger partial charge in [0.05, 0.1) is 6.61 Å².